The van der Waals surface area contributed by atoms with Crippen LogP contribution in [0.2, 0.25) is 0 Å². The maximum absolute atomic E-state index is 12.6. The van der Waals surface area contributed by atoms with E-state index in [-0.39, 0.29) is 11.9 Å². The highest BCUT2D eigenvalue weighted by Gasteiger charge is 2.24. The average molecular weight is 455 g/mol. The fraction of sp³-hybridized carbons (Fsp3) is 0.231. The second kappa shape index (κ2) is 8.97. The third-order valence-electron chi connectivity index (χ3n) is 6.14. The second-order valence-electron chi connectivity index (χ2n) is 8.50. The number of carbonyl (C=O) groups is 1. The van der Waals surface area contributed by atoms with Gasteiger partial charge < -0.3 is 15.8 Å². The van der Waals surface area contributed by atoms with E-state index >= 15 is 0 Å². The van der Waals surface area contributed by atoms with E-state index in [2.05, 4.69) is 34.4 Å². The second-order valence-corrected chi connectivity index (χ2v) is 8.50. The SMILES string of the molecule is COc1ccccc1C(=O)NCc1ccc(-c2nn([C@H]3C=C[C@H](C)C3)c3ncnc(N)c23)cc1. The lowest BCUT2D eigenvalue weighted by Crippen LogP contribution is -2.23. The highest BCUT2D eigenvalue weighted by atomic mass is 16.5. The largest absolute Gasteiger partial charge is 0.496 e. The summed E-state index contributed by atoms with van der Waals surface area (Å²) in [7, 11) is 1.55. The van der Waals surface area contributed by atoms with Gasteiger partial charge in [0.25, 0.3) is 5.91 Å². The summed E-state index contributed by atoms with van der Waals surface area (Å²) >= 11 is 0. The molecule has 1 amide bonds. The van der Waals surface area contributed by atoms with Gasteiger partial charge in [-0.3, -0.25) is 4.79 Å². The Kier molecular flexibility index (Phi) is 5.71. The Morgan fingerprint density at radius 2 is 1.94 bits per heavy atom. The molecule has 172 valence electrons. The molecule has 0 aliphatic heterocycles. The molecule has 4 aromatic rings. The third kappa shape index (κ3) is 3.98. The van der Waals surface area contributed by atoms with Gasteiger partial charge in [-0.05, 0) is 30.0 Å². The molecule has 2 aromatic heterocycles. The van der Waals surface area contributed by atoms with Crippen LogP contribution in [0.25, 0.3) is 22.3 Å². The van der Waals surface area contributed by atoms with Crippen LogP contribution in [0, 0.1) is 5.92 Å². The van der Waals surface area contributed by atoms with Crippen LogP contribution in [0.3, 0.4) is 0 Å². The maximum atomic E-state index is 12.6. The van der Waals surface area contributed by atoms with Gasteiger partial charge in [-0.2, -0.15) is 5.10 Å². The normalized spacial score (nSPS) is 17.2. The Morgan fingerprint density at radius 3 is 2.68 bits per heavy atom. The lowest BCUT2D eigenvalue weighted by molar-refractivity contribution is 0.0948. The van der Waals surface area contributed by atoms with Crippen molar-refractivity contribution in [3.05, 3.63) is 78.1 Å². The van der Waals surface area contributed by atoms with Crippen LogP contribution in [0.15, 0.2) is 67.0 Å². The summed E-state index contributed by atoms with van der Waals surface area (Å²) in [4.78, 5) is 21.3. The van der Waals surface area contributed by atoms with E-state index in [1.165, 1.54) is 6.33 Å². The number of nitrogens with two attached hydrogens (primary N) is 1. The van der Waals surface area contributed by atoms with E-state index < -0.39 is 0 Å². The van der Waals surface area contributed by atoms with Gasteiger partial charge in [-0.15, -0.1) is 0 Å². The van der Waals surface area contributed by atoms with Gasteiger partial charge in [0.2, 0.25) is 0 Å². The highest BCUT2D eigenvalue weighted by molar-refractivity contribution is 5.98. The first-order valence-corrected chi connectivity index (χ1v) is 11.2. The van der Waals surface area contributed by atoms with Gasteiger partial charge in [0.05, 0.1) is 24.1 Å². The minimum absolute atomic E-state index is 0.144. The highest BCUT2D eigenvalue weighted by Crippen LogP contribution is 2.35. The summed E-state index contributed by atoms with van der Waals surface area (Å²) in [5, 5.41) is 8.60. The predicted octanol–water partition coefficient (Wildman–Crippen LogP) is 4.15. The summed E-state index contributed by atoms with van der Waals surface area (Å²) in [6, 6.07) is 15.2. The lowest BCUT2D eigenvalue weighted by Gasteiger charge is -2.10. The van der Waals surface area contributed by atoms with Crippen molar-refractivity contribution in [3.8, 4) is 17.0 Å². The molecule has 3 N–H and O–H groups in total. The number of methoxy groups -OCH3 is 1. The summed E-state index contributed by atoms with van der Waals surface area (Å²) in [5.41, 5.74) is 10.1. The summed E-state index contributed by atoms with van der Waals surface area (Å²) in [5.74, 6) is 1.27. The smallest absolute Gasteiger partial charge is 0.255 e. The first-order valence-electron chi connectivity index (χ1n) is 11.2. The third-order valence-corrected chi connectivity index (χ3v) is 6.14. The van der Waals surface area contributed by atoms with Crippen LogP contribution < -0.4 is 15.8 Å². The Morgan fingerprint density at radius 1 is 1.15 bits per heavy atom. The zero-order chi connectivity index (χ0) is 23.7. The molecule has 0 bridgehead atoms. The van der Waals surface area contributed by atoms with Gasteiger partial charge in [-0.1, -0.05) is 55.5 Å². The van der Waals surface area contributed by atoms with E-state index in [4.69, 9.17) is 15.6 Å². The van der Waals surface area contributed by atoms with Gasteiger partial charge in [-0.25, -0.2) is 14.6 Å². The van der Waals surface area contributed by atoms with E-state index in [0.717, 1.165) is 34.3 Å². The average Bonchev–Trinajstić information content (AvgIpc) is 3.47. The zero-order valence-electron chi connectivity index (χ0n) is 19.1. The quantitative estimate of drug-likeness (QED) is 0.424. The molecule has 0 radical (unpaired) electrons. The molecular weight excluding hydrogens is 428 g/mol. The number of hydrogen-bond acceptors (Lipinski definition) is 6. The number of para-hydroxylation sites is 1. The minimum Gasteiger partial charge on any atom is -0.496 e. The van der Waals surface area contributed by atoms with Crippen LogP contribution in [-0.2, 0) is 6.54 Å². The number of ether oxygens (including phenoxy) is 1. The molecule has 34 heavy (non-hydrogen) atoms. The number of aromatic nitrogens is 4. The van der Waals surface area contributed by atoms with Crippen molar-refractivity contribution >= 4 is 22.8 Å². The monoisotopic (exact) mass is 454 g/mol. The number of fused-ring (bicyclic) bond motifs is 1. The molecule has 0 unspecified atom stereocenters. The van der Waals surface area contributed by atoms with Crippen LogP contribution in [0.4, 0.5) is 5.82 Å². The number of hydrogen-bond donors (Lipinski definition) is 2. The predicted molar refractivity (Wildman–Crippen MR) is 131 cm³/mol. The van der Waals surface area contributed by atoms with Gasteiger partial charge >= 0.3 is 0 Å². The molecule has 8 heteroatoms. The number of amides is 1. The van der Waals surface area contributed by atoms with Crippen LogP contribution in [0.1, 0.15) is 35.3 Å². The number of anilines is 1. The molecule has 0 saturated carbocycles. The fourth-order valence-corrected chi connectivity index (χ4v) is 4.36. The van der Waals surface area contributed by atoms with Gasteiger partial charge in [0.15, 0.2) is 5.65 Å². The van der Waals surface area contributed by atoms with Crippen molar-refractivity contribution < 1.29 is 9.53 Å². The zero-order valence-corrected chi connectivity index (χ0v) is 19.1. The van der Waals surface area contributed by atoms with E-state index in [9.17, 15) is 4.79 Å². The van der Waals surface area contributed by atoms with Crippen molar-refractivity contribution in [2.24, 2.45) is 5.92 Å². The first kappa shape index (κ1) is 21.6. The van der Waals surface area contributed by atoms with Gasteiger partial charge in [0.1, 0.15) is 23.6 Å². The summed E-state index contributed by atoms with van der Waals surface area (Å²) < 4.78 is 7.23. The number of carbonyl (C=O) groups excluding carboxylic acids is 1. The standard InChI is InChI=1S/C26H26N6O2/c1-16-7-12-19(13-16)32-25-22(24(27)29-15-30-25)23(31-32)18-10-8-17(9-11-18)14-28-26(33)20-5-3-4-6-21(20)34-2/h3-12,15-16,19H,13-14H2,1-2H3,(H,28,33)(H2,27,29,30)/t16-,19-/m0/s1. The van der Waals surface area contributed by atoms with Crippen molar-refractivity contribution in [1.82, 2.24) is 25.1 Å². The van der Waals surface area contributed by atoms with Crippen molar-refractivity contribution in [2.75, 3.05) is 12.8 Å². The number of benzene rings is 2. The number of nitrogen functional groups attached to an aromatic ring is 1. The van der Waals surface area contributed by atoms with Crippen molar-refractivity contribution in [1.29, 1.82) is 0 Å². The topological polar surface area (TPSA) is 108 Å². The van der Waals surface area contributed by atoms with E-state index in [1.54, 1.807) is 19.2 Å². The molecule has 2 aromatic carbocycles. The summed E-state index contributed by atoms with van der Waals surface area (Å²) in [6.07, 6.45) is 6.84. The number of allylic oxidation sites excluding steroid dienone is 2. The Labute approximate surface area is 197 Å². The molecule has 5 rings (SSSR count). The Balaban J connectivity index is 1.39. The Hall–Kier alpha value is -4.20. The van der Waals surface area contributed by atoms with Crippen LogP contribution in [0.5, 0.6) is 5.75 Å². The van der Waals surface area contributed by atoms with Crippen LogP contribution >= 0.6 is 0 Å². The van der Waals surface area contributed by atoms with Crippen LogP contribution in [-0.4, -0.2) is 32.8 Å². The molecule has 2 heterocycles. The molecule has 1 aliphatic carbocycles. The fourth-order valence-electron chi connectivity index (χ4n) is 4.36. The number of rotatable bonds is 6. The Bertz CT molecular complexity index is 1380. The molecule has 1 aliphatic rings. The number of nitrogens with one attached hydrogen (secondary N) is 1. The summed E-state index contributed by atoms with van der Waals surface area (Å²) in [6.45, 7) is 2.58. The molecular formula is C26H26N6O2. The maximum Gasteiger partial charge on any atom is 0.255 e. The molecule has 0 spiro atoms. The number of nitrogens with zero attached hydrogens (tertiary/aromatic N) is 4. The molecule has 0 saturated heterocycles. The molecule has 2 atom stereocenters. The van der Waals surface area contributed by atoms with E-state index in [0.29, 0.717) is 29.6 Å². The first-order chi connectivity index (χ1) is 16.5. The lowest BCUT2D eigenvalue weighted by atomic mass is 10.1. The van der Waals surface area contributed by atoms with Crippen molar-refractivity contribution in [3.63, 3.8) is 0 Å². The molecule has 8 nitrogen and oxygen atoms in total. The minimum atomic E-state index is -0.185. The molecule has 0 fully saturated rings. The van der Waals surface area contributed by atoms with Gasteiger partial charge in [0, 0.05) is 12.1 Å². The van der Waals surface area contributed by atoms with Crippen molar-refractivity contribution in [2.45, 2.75) is 25.9 Å². The van der Waals surface area contributed by atoms with E-state index in [1.807, 2.05) is 41.1 Å².